The van der Waals surface area contributed by atoms with Crippen molar-refractivity contribution in [2.75, 3.05) is 62.8 Å². The fourth-order valence-corrected chi connectivity index (χ4v) is 5.26. The molecule has 2 aromatic rings. The Kier molecular flexibility index (Phi) is 7.04. The summed E-state index contributed by atoms with van der Waals surface area (Å²) < 4.78 is 36.0. The molecule has 176 valence electrons. The topological polar surface area (TPSA) is 110 Å². The number of piperidine rings is 1. The van der Waals surface area contributed by atoms with Crippen LogP contribution in [-0.4, -0.2) is 66.4 Å². The van der Waals surface area contributed by atoms with Gasteiger partial charge in [-0.1, -0.05) is 6.92 Å². The minimum absolute atomic E-state index is 0.238. The Morgan fingerprint density at radius 1 is 1.19 bits per heavy atom. The van der Waals surface area contributed by atoms with E-state index in [2.05, 4.69) is 38.6 Å². The maximum Gasteiger partial charge on any atom is 0.274 e. The van der Waals surface area contributed by atoms with E-state index in [4.69, 9.17) is 14.6 Å². The predicted octanol–water partition coefficient (Wildman–Crippen LogP) is 1.73. The molecule has 10 heteroatoms. The molecule has 1 atom stereocenters. The highest BCUT2D eigenvalue weighted by molar-refractivity contribution is 7.87. The summed E-state index contributed by atoms with van der Waals surface area (Å²) >= 11 is 0. The van der Waals surface area contributed by atoms with Gasteiger partial charge < -0.3 is 19.3 Å². The number of hydrogen-bond donors (Lipinski definition) is 2. The first-order valence-corrected chi connectivity index (χ1v) is 12.7. The van der Waals surface area contributed by atoms with Crippen molar-refractivity contribution in [1.29, 1.82) is 0 Å². The average Bonchev–Trinajstić information content (AvgIpc) is 2.81. The number of morpholine rings is 1. The Morgan fingerprint density at radius 3 is 2.53 bits per heavy atom. The van der Waals surface area contributed by atoms with Crippen molar-refractivity contribution in [2.24, 2.45) is 17.0 Å². The Morgan fingerprint density at radius 2 is 1.88 bits per heavy atom. The third-order valence-electron chi connectivity index (χ3n) is 6.66. The third-order valence-corrected chi connectivity index (χ3v) is 7.23. The van der Waals surface area contributed by atoms with E-state index in [1.807, 2.05) is 12.3 Å². The Balaban J connectivity index is 1.53. The summed E-state index contributed by atoms with van der Waals surface area (Å²) in [6.45, 7) is 7.41. The van der Waals surface area contributed by atoms with Gasteiger partial charge in [0.2, 0.25) is 0 Å². The highest BCUT2D eigenvalue weighted by Gasteiger charge is 2.26. The van der Waals surface area contributed by atoms with Crippen LogP contribution in [0.5, 0.6) is 5.75 Å². The summed E-state index contributed by atoms with van der Waals surface area (Å²) in [7, 11) is -1.94. The van der Waals surface area contributed by atoms with E-state index in [0.29, 0.717) is 25.7 Å². The van der Waals surface area contributed by atoms with Gasteiger partial charge in [-0.2, -0.15) is 8.42 Å². The van der Waals surface area contributed by atoms with E-state index in [-0.39, 0.29) is 5.92 Å². The number of anilines is 2. The molecule has 2 saturated heterocycles. The lowest BCUT2D eigenvalue weighted by Crippen LogP contribution is -2.40. The zero-order valence-corrected chi connectivity index (χ0v) is 19.6. The molecule has 1 aromatic carbocycles. The van der Waals surface area contributed by atoms with Crippen LogP contribution in [0.15, 0.2) is 24.4 Å². The molecule has 2 aliphatic heterocycles. The smallest absolute Gasteiger partial charge is 0.274 e. The van der Waals surface area contributed by atoms with Gasteiger partial charge in [0.25, 0.3) is 10.2 Å². The third kappa shape index (κ3) is 5.25. The SMILES string of the molecule is COc1cc2nccc(N3CCC(C(C)CNS(N)(=O)=O)CC3)c2cc1N1CCOCC1. The molecule has 0 saturated carbocycles. The molecule has 1 unspecified atom stereocenters. The largest absolute Gasteiger partial charge is 0.495 e. The average molecular weight is 464 g/mol. The lowest BCUT2D eigenvalue weighted by molar-refractivity contribution is 0.122. The lowest BCUT2D eigenvalue weighted by Gasteiger charge is -2.37. The van der Waals surface area contributed by atoms with Crippen LogP contribution in [0.3, 0.4) is 0 Å². The summed E-state index contributed by atoms with van der Waals surface area (Å²) in [6, 6.07) is 6.31. The summed E-state index contributed by atoms with van der Waals surface area (Å²) in [5.74, 6) is 1.53. The minimum Gasteiger partial charge on any atom is -0.495 e. The first-order chi connectivity index (χ1) is 15.4. The fraction of sp³-hybridized carbons (Fsp3) is 0.591. The molecule has 32 heavy (non-hydrogen) atoms. The van der Waals surface area contributed by atoms with Gasteiger partial charge in [0, 0.05) is 56.1 Å². The highest BCUT2D eigenvalue weighted by Crippen LogP contribution is 2.38. The molecule has 0 radical (unpaired) electrons. The summed E-state index contributed by atoms with van der Waals surface area (Å²) in [5.41, 5.74) is 3.18. The van der Waals surface area contributed by atoms with Gasteiger partial charge in [-0.15, -0.1) is 0 Å². The summed E-state index contributed by atoms with van der Waals surface area (Å²) in [6.07, 6.45) is 3.86. The maximum atomic E-state index is 11.2. The number of methoxy groups -OCH3 is 1. The van der Waals surface area contributed by atoms with Crippen LogP contribution >= 0.6 is 0 Å². The molecule has 4 rings (SSSR count). The lowest BCUT2D eigenvalue weighted by atomic mass is 9.85. The van der Waals surface area contributed by atoms with Crippen LogP contribution in [0.1, 0.15) is 19.8 Å². The van der Waals surface area contributed by atoms with E-state index in [0.717, 1.165) is 61.4 Å². The first kappa shape index (κ1) is 23.0. The normalized spacial score (nSPS) is 19.3. The van der Waals surface area contributed by atoms with E-state index in [1.165, 1.54) is 5.69 Å². The number of nitrogens with zero attached hydrogens (tertiary/aromatic N) is 3. The van der Waals surface area contributed by atoms with Crippen molar-refractivity contribution >= 4 is 32.5 Å². The summed E-state index contributed by atoms with van der Waals surface area (Å²) in [5, 5.41) is 6.20. The second-order valence-electron chi connectivity index (χ2n) is 8.67. The van der Waals surface area contributed by atoms with E-state index in [1.54, 1.807) is 7.11 Å². The number of hydrogen-bond acceptors (Lipinski definition) is 7. The van der Waals surface area contributed by atoms with E-state index >= 15 is 0 Å². The van der Waals surface area contributed by atoms with Crippen LogP contribution in [-0.2, 0) is 14.9 Å². The van der Waals surface area contributed by atoms with Gasteiger partial charge in [0.05, 0.1) is 31.5 Å². The molecule has 0 spiro atoms. The number of benzene rings is 1. The second-order valence-corrected chi connectivity index (χ2v) is 10.0. The number of nitrogens with one attached hydrogen (secondary N) is 1. The van der Waals surface area contributed by atoms with Gasteiger partial charge in [-0.3, -0.25) is 4.98 Å². The van der Waals surface area contributed by atoms with Gasteiger partial charge >= 0.3 is 0 Å². The van der Waals surface area contributed by atoms with Crippen molar-refractivity contribution in [1.82, 2.24) is 9.71 Å². The van der Waals surface area contributed by atoms with Gasteiger partial charge in [-0.05, 0) is 36.8 Å². The highest BCUT2D eigenvalue weighted by atomic mass is 32.2. The maximum absolute atomic E-state index is 11.2. The van der Waals surface area contributed by atoms with Gasteiger partial charge in [0.1, 0.15) is 5.75 Å². The van der Waals surface area contributed by atoms with Crippen molar-refractivity contribution in [3.63, 3.8) is 0 Å². The van der Waals surface area contributed by atoms with Crippen LogP contribution in [0.4, 0.5) is 11.4 Å². The second kappa shape index (κ2) is 9.78. The number of fused-ring (bicyclic) bond motifs is 1. The van der Waals surface area contributed by atoms with Crippen molar-refractivity contribution < 1.29 is 17.9 Å². The number of rotatable bonds is 7. The number of aromatic nitrogens is 1. The molecule has 2 aliphatic rings. The van der Waals surface area contributed by atoms with Crippen molar-refractivity contribution in [3.8, 4) is 5.75 Å². The monoisotopic (exact) mass is 463 g/mol. The van der Waals surface area contributed by atoms with E-state index < -0.39 is 10.2 Å². The van der Waals surface area contributed by atoms with Gasteiger partial charge in [-0.25, -0.2) is 9.86 Å². The Labute approximate surface area is 190 Å². The molecule has 3 heterocycles. The van der Waals surface area contributed by atoms with Crippen molar-refractivity contribution in [3.05, 3.63) is 24.4 Å². The zero-order chi connectivity index (χ0) is 22.7. The molecule has 0 amide bonds. The quantitative estimate of drug-likeness (QED) is 0.643. The predicted molar refractivity (Wildman–Crippen MR) is 127 cm³/mol. The minimum atomic E-state index is -3.64. The Hall–Kier alpha value is -2.14. The number of nitrogens with two attached hydrogens (primary N) is 1. The molecule has 3 N–H and O–H groups in total. The van der Waals surface area contributed by atoms with Crippen LogP contribution in [0.2, 0.25) is 0 Å². The fourth-order valence-electron chi connectivity index (χ4n) is 4.76. The number of pyridine rings is 1. The zero-order valence-electron chi connectivity index (χ0n) is 18.8. The van der Waals surface area contributed by atoms with Crippen LogP contribution in [0.25, 0.3) is 10.9 Å². The molecular formula is C22H33N5O4S. The Bertz CT molecular complexity index is 1030. The van der Waals surface area contributed by atoms with Crippen LogP contribution < -0.4 is 24.4 Å². The van der Waals surface area contributed by atoms with Gasteiger partial charge in [0.15, 0.2) is 0 Å². The molecule has 0 bridgehead atoms. The molecule has 2 fully saturated rings. The number of ether oxygens (including phenoxy) is 2. The van der Waals surface area contributed by atoms with Crippen LogP contribution in [0, 0.1) is 11.8 Å². The molecule has 0 aliphatic carbocycles. The molecular weight excluding hydrogens is 430 g/mol. The van der Waals surface area contributed by atoms with E-state index in [9.17, 15) is 8.42 Å². The summed E-state index contributed by atoms with van der Waals surface area (Å²) in [4.78, 5) is 9.32. The van der Waals surface area contributed by atoms with Crippen molar-refractivity contribution in [2.45, 2.75) is 19.8 Å². The molecule has 9 nitrogen and oxygen atoms in total. The standard InChI is InChI=1S/C22H33N5O4S/c1-16(15-25-32(23,28)29)17-4-7-26(8-5-17)20-3-6-24-19-14-22(30-2)21(13-18(19)20)27-9-11-31-12-10-27/h3,6,13-14,16-17,25H,4-5,7-12,15H2,1-2H3,(H2,23,28,29). The first-order valence-electron chi connectivity index (χ1n) is 11.2. The molecule has 1 aromatic heterocycles.